The fourth-order valence-electron chi connectivity index (χ4n) is 2.37. The van der Waals surface area contributed by atoms with Crippen molar-refractivity contribution in [2.75, 3.05) is 20.1 Å². The van der Waals surface area contributed by atoms with E-state index in [0.29, 0.717) is 0 Å². The van der Waals surface area contributed by atoms with Crippen molar-refractivity contribution < 1.29 is 4.79 Å². The lowest BCUT2D eigenvalue weighted by atomic mass is 10.0. The van der Waals surface area contributed by atoms with Crippen LogP contribution in [0.3, 0.4) is 0 Å². The Balaban J connectivity index is 1.82. The Labute approximate surface area is 113 Å². The average molecular weight is 266 g/mol. The van der Waals surface area contributed by atoms with Gasteiger partial charge in [-0.2, -0.15) is 0 Å². The molecule has 0 bridgehead atoms. The van der Waals surface area contributed by atoms with Gasteiger partial charge in [0.2, 0.25) is 5.91 Å². The second-order valence-corrected chi connectivity index (χ2v) is 6.04. The summed E-state index contributed by atoms with van der Waals surface area (Å²) < 4.78 is 0. The number of nitrogens with one attached hydrogen (secondary N) is 1. The highest BCUT2D eigenvalue weighted by molar-refractivity contribution is 7.10. The maximum atomic E-state index is 12.2. The second-order valence-electron chi connectivity index (χ2n) is 5.04. The summed E-state index contributed by atoms with van der Waals surface area (Å²) >= 11 is 1.79. The fraction of sp³-hybridized carbons (Fsp3) is 0.643. The van der Waals surface area contributed by atoms with Gasteiger partial charge in [0.15, 0.2) is 0 Å². The molecule has 18 heavy (non-hydrogen) atoms. The van der Waals surface area contributed by atoms with Crippen molar-refractivity contribution in [3.8, 4) is 0 Å². The summed E-state index contributed by atoms with van der Waals surface area (Å²) in [5, 5.41) is 5.44. The zero-order valence-corrected chi connectivity index (χ0v) is 12.1. The van der Waals surface area contributed by atoms with Crippen LogP contribution in [0, 0.1) is 6.92 Å². The van der Waals surface area contributed by atoms with Crippen molar-refractivity contribution >= 4 is 17.2 Å². The van der Waals surface area contributed by atoms with Gasteiger partial charge >= 0.3 is 0 Å². The van der Waals surface area contributed by atoms with E-state index in [0.717, 1.165) is 25.9 Å². The van der Waals surface area contributed by atoms with Crippen LogP contribution in [0.5, 0.6) is 0 Å². The van der Waals surface area contributed by atoms with E-state index in [4.69, 9.17) is 0 Å². The van der Waals surface area contributed by atoms with Gasteiger partial charge in [-0.1, -0.05) is 6.42 Å². The zero-order valence-electron chi connectivity index (χ0n) is 11.2. The van der Waals surface area contributed by atoms with Crippen LogP contribution in [-0.4, -0.2) is 37.0 Å². The molecule has 2 rings (SSSR count). The predicted octanol–water partition coefficient (Wildman–Crippen LogP) is 2.20. The first-order chi connectivity index (χ1) is 8.68. The van der Waals surface area contributed by atoms with E-state index in [1.54, 1.807) is 11.3 Å². The SMILES string of the molecule is Cc1ccsc1CCN(C)C(=O)C1CCCCN1. The number of nitrogens with zero attached hydrogens (tertiary/aromatic N) is 1. The molecular weight excluding hydrogens is 244 g/mol. The lowest BCUT2D eigenvalue weighted by Gasteiger charge is -2.27. The molecule has 1 saturated heterocycles. The van der Waals surface area contributed by atoms with Gasteiger partial charge in [0, 0.05) is 18.5 Å². The third-order valence-corrected chi connectivity index (χ3v) is 4.71. The quantitative estimate of drug-likeness (QED) is 0.906. The van der Waals surface area contributed by atoms with Gasteiger partial charge in [0.1, 0.15) is 0 Å². The number of carbonyl (C=O) groups is 1. The third kappa shape index (κ3) is 3.33. The Morgan fingerprint density at radius 3 is 3.00 bits per heavy atom. The highest BCUT2D eigenvalue weighted by Gasteiger charge is 2.23. The number of amides is 1. The van der Waals surface area contributed by atoms with Crippen molar-refractivity contribution in [2.24, 2.45) is 0 Å². The maximum absolute atomic E-state index is 12.2. The number of likely N-dealkylation sites (N-methyl/N-ethyl adjacent to an activating group) is 1. The molecule has 2 heterocycles. The molecular formula is C14H22N2OS. The Hall–Kier alpha value is -0.870. The number of carbonyl (C=O) groups excluding carboxylic acids is 1. The van der Waals surface area contributed by atoms with Gasteiger partial charge in [0.25, 0.3) is 0 Å². The molecule has 100 valence electrons. The first kappa shape index (κ1) is 13.6. The molecule has 1 atom stereocenters. The Bertz CT molecular complexity index is 396. The lowest BCUT2D eigenvalue weighted by molar-refractivity contribution is -0.132. The monoisotopic (exact) mass is 266 g/mol. The van der Waals surface area contributed by atoms with Crippen LogP contribution in [0.1, 0.15) is 29.7 Å². The van der Waals surface area contributed by atoms with Gasteiger partial charge < -0.3 is 10.2 Å². The molecule has 1 aliphatic heterocycles. The minimum atomic E-state index is 0.0492. The van der Waals surface area contributed by atoms with Gasteiger partial charge in [-0.25, -0.2) is 0 Å². The summed E-state index contributed by atoms with van der Waals surface area (Å²) in [4.78, 5) is 15.5. The summed E-state index contributed by atoms with van der Waals surface area (Å²) in [6.07, 6.45) is 4.32. The largest absolute Gasteiger partial charge is 0.344 e. The molecule has 1 aliphatic rings. The van der Waals surface area contributed by atoms with Crippen LogP contribution in [0.25, 0.3) is 0 Å². The number of aryl methyl sites for hydroxylation is 1. The van der Waals surface area contributed by atoms with Crippen LogP contribution >= 0.6 is 11.3 Å². The van der Waals surface area contributed by atoms with Gasteiger partial charge in [-0.15, -0.1) is 11.3 Å². The highest BCUT2D eigenvalue weighted by atomic mass is 32.1. The maximum Gasteiger partial charge on any atom is 0.239 e. The third-order valence-electron chi connectivity index (χ3n) is 3.63. The molecule has 1 amide bonds. The van der Waals surface area contributed by atoms with Gasteiger partial charge in [-0.05, 0) is 49.7 Å². The Morgan fingerprint density at radius 1 is 1.56 bits per heavy atom. The molecule has 4 heteroatoms. The van der Waals surface area contributed by atoms with Crippen molar-refractivity contribution in [3.05, 3.63) is 21.9 Å². The number of hydrogen-bond donors (Lipinski definition) is 1. The summed E-state index contributed by atoms with van der Waals surface area (Å²) in [7, 11) is 1.92. The van der Waals surface area contributed by atoms with E-state index in [1.807, 2.05) is 11.9 Å². The fourth-order valence-corrected chi connectivity index (χ4v) is 3.27. The summed E-state index contributed by atoms with van der Waals surface area (Å²) in [6.45, 7) is 3.93. The summed E-state index contributed by atoms with van der Waals surface area (Å²) in [5.41, 5.74) is 1.34. The molecule has 0 saturated carbocycles. The van der Waals surface area contributed by atoms with E-state index >= 15 is 0 Å². The van der Waals surface area contributed by atoms with Crippen LogP contribution in [-0.2, 0) is 11.2 Å². The standard InChI is InChI=1S/C14H22N2OS/c1-11-7-10-18-13(11)6-9-16(2)14(17)12-5-3-4-8-15-12/h7,10,12,15H,3-6,8-9H2,1-2H3. The molecule has 0 spiro atoms. The number of thiophene rings is 1. The van der Waals surface area contributed by atoms with Crippen LogP contribution in [0.15, 0.2) is 11.4 Å². The van der Waals surface area contributed by atoms with E-state index in [9.17, 15) is 4.79 Å². The first-order valence-electron chi connectivity index (χ1n) is 6.70. The average Bonchev–Trinajstić information content (AvgIpc) is 2.81. The second kappa shape index (κ2) is 6.34. The number of rotatable bonds is 4. The van der Waals surface area contributed by atoms with E-state index in [2.05, 4.69) is 23.7 Å². The Morgan fingerprint density at radius 2 is 2.39 bits per heavy atom. The van der Waals surface area contributed by atoms with Crippen molar-refractivity contribution in [1.29, 1.82) is 0 Å². The van der Waals surface area contributed by atoms with E-state index < -0.39 is 0 Å². The number of piperidine rings is 1. The predicted molar refractivity (Wildman–Crippen MR) is 76.0 cm³/mol. The van der Waals surface area contributed by atoms with Crippen molar-refractivity contribution in [3.63, 3.8) is 0 Å². The molecule has 1 aromatic rings. The summed E-state index contributed by atoms with van der Waals surface area (Å²) in [6, 6.07) is 2.19. The minimum absolute atomic E-state index is 0.0492. The van der Waals surface area contributed by atoms with Crippen molar-refractivity contribution in [2.45, 2.75) is 38.6 Å². The Kier molecular flexibility index (Phi) is 4.78. The first-order valence-corrected chi connectivity index (χ1v) is 7.58. The molecule has 0 aromatic carbocycles. The van der Waals surface area contributed by atoms with Crippen LogP contribution in [0.4, 0.5) is 0 Å². The van der Waals surface area contributed by atoms with Crippen LogP contribution < -0.4 is 5.32 Å². The highest BCUT2D eigenvalue weighted by Crippen LogP contribution is 2.16. The smallest absolute Gasteiger partial charge is 0.239 e. The number of hydrogen-bond acceptors (Lipinski definition) is 3. The topological polar surface area (TPSA) is 32.3 Å². The van der Waals surface area contributed by atoms with Crippen molar-refractivity contribution in [1.82, 2.24) is 10.2 Å². The molecule has 3 nitrogen and oxygen atoms in total. The molecule has 1 unspecified atom stereocenters. The van der Waals surface area contributed by atoms with Gasteiger partial charge in [0.05, 0.1) is 6.04 Å². The zero-order chi connectivity index (χ0) is 13.0. The van der Waals surface area contributed by atoms with Crippen LogP contribution in [0.2, 0.25) is 0 Å². The summed E-state index contributed by atoms with van der Waals surface area (Å²) in [5.74, 6) is 0.254. The molecule has 1 aromatic heterocycles. The normalized spacial score (nSPS) is 19.8. The molecule has 1 N–H and O–H groups in total. The molecule has 1 fully saturated rings. The minimum Gasteiger partial charge on any atom is -0.344 e. The molecule has 0 radical (unpaired) electrons. The lowest BCUT2D eigenvalue weighted by Crippen LogP contribution is -2.47. The van der Waals surface area contributed by atoms with Gasteiger partial charge in [-0.3, -0.25) is 4.79 Å². The van der Waals surface area contributed by atoms with E-state index in [-0.39, 0.29) is 11.9 Å². The van der Waals surface area contributed by atoms with E-state index in [1.165, 1.54) is 23.3 Å². The molecule has 0 aliphatic carbocycles.